The molecule has 2 heterocycles. The first kappa shape index (κ1) is 21.9. The second-order valence-electron chi connectivity index (χ2n) is 9.14. The molecule has 2 unspecified atom stereocenters. The minimum Gasteiger partial charge on any atom is -0.459 e. The number of ketones is 1. The Labute approximate surface area is 198 Å². The number of carbonyl (C=O) groups is 2. The van der Waals surface area contributed by atoms with Gasteiger partial charge in [-0.15, -0.1) is 0 Å². The molecule has 5 nitrogen and oxygen atoms in total. The lowest BCUT2D eigenvalue weighted by molar-refractivity contribution is -0.144. The summed E-state index contributed by atoms with van der Waals surface area (Å²) in [6.07, 6.45) is 6.69. The van der Waals surface area contributed by atoms with Crippen LogP contribution in [0.1, 0.15) is 68.5 Å². The number of Topliss-reactive ketones (excluding diaryl/α,β-unsaturated/α-hetero) is 1. The third-order valence-corrected chi connectivity index (χ3v) is 7.20. The number of nitrogens with one attached hydrogen (secondary N) is 1. The minimum atomic E-state index is -0.518. The summed E-state index contributed by atoms with van der Waals surface area (Å²) in [4.78, 5) is 31.5. The number of nitrogens with zero attached hydrogens (tertiary/aromatic N) is 1. The number of halogens is 1. The lowest BCUT2D eigenvalue weighted by Crippen LogP contribution is -2.37. The quantitative estimate of drug-likeness (QED) is 0.600. The molecule has 0 bridgehead atoms. The van der Waals surface area contributed by atoms with E-state index in [1.54, 1.807) is 6.20 Å². The molecule has 1 aromatic carbocycles. The number of carbonyl (C=O) groups excluding carboxylic acids is 2. The first-order valence-corrected chi connectivity index (χ1v) is 12.0. The summed E-state index contributed by atoms with van der Waals surface area (Å²) < 4.78 is 5.88. The van der Waals surface area contributed by atoms with Crippen LogP contribution in [-0.4, -0.2) is 22.8 Å². The van der Waals surface area contributed by atoms with Gasteiger partial charge < -0.3 is 10.1 Å². The fourth-order valence-electron chi connectivity index (χ4n) is 5.34. The van der Waals surface area contributed by atoms with Crippen LogP contribution in [0.4, 0.5) is 0 Å². The normalized spacial score (nSPS) is 23.4. The van der Waals surface area contributed by atoms with Crippen LogP contribution in [0.3, 0.4) is 0 Å². The van der Waals surface area contributed by atoms with Crippen LogP contribution in [-0.2, 0) is 14.3 Å². The van der Waals surface area contributed by atoms with Gasteiger partial charge in [0, 0.05) is 34.6 Å². The summed E-state index contributed by atoms with van der Waals surface area (Å²) in [6, 6.07) is 13.3. The highest BCUT2D eigenvalue weighted by Crippen LogP contribution is 2.45. The van der Waals surface area contributed by atoms with Crippen LogP contribution in [0.25, 0.3) is 0 Å². The number of ether oxygens (including phenoxy) is 1. The molecule has 5 rings (SSSR count). The molecule has 3 aliphatic rings. The largest absolute Gasteiger partial charge is 0.459 e. The Morgan fingerprint density at radius 3 is 2.55 bits per heavy atom. The van der Waals surface area contributed by atoms with Crippen LogP contribution in [0.15, 0.2) is 71.2 Å². The molecule has 0 saturated heterocycles. The smallest absolute Gasteiger partial charge is 0.337 e. The van der Waals surface area contributed by atoms with E-state index in [9.17, 15) is 9.59 Å². The Balaban J connectivity index is 1.52. The van der Waals surface area contributed by atoms with Crippen LogP contribution in [0, 0.1) is 0 Å². The van der Waals surface area contributed by atoms with E-state index < -0.39 is 5.92 Å². The molecule has 1 aromatic heterocycles. The van der Waals surface area contributed by atoms with Crippen molar-refractivity contribution in [3.8, 4) is 0 Å². The van der Waals surface area contributed by atoms with Crippen molar-refractivity contribution in [2.45, 2.75) is 63.4 Å². The zero-order chi connectivity index (χ0) is 22.9. The van der Waals surface area contributed by atoms with Crippen molar-refractivity contribution >= 4 is 23.4 Å². The van der Waals surface area contributed by atoms with E-state index in [0.717, 1.165) is 42.6 Å². The maximum Gasteiger partial charge on any atom is 0.337 e. The average molecular weight is 463 g/mol. The third kappa shape index (κ3) is 4.34. The zero-order valence-corrected chi connectivity index (χ0v) is 19.4. The van der Waals surface area contributed by atoms with Crippen LogP contribution < -0.4 is 5.32 Å². The van der Waals surface area contributed by atoms with E-state index in [1.807, 2.05) is 49.4 Å². The van der Waals surface area contributed by atoms with Crippen LogP contribution in [0.5, 0.6) is 0 Å². The number of esters is 1. The maximum absolute atomic E-state index is 13.6. The van der Waals surface area contributed by atoms with E-state index in [4.69, 9.17) is 16.3 Å². The first-order valence-electron chi connectivity index (χ1n) is 11.6. The number of benzene rings is 1. The highest BCUT2D eigenvalue weighted by Gasteiger charge is 2.42. The Kier molecular flexibility index (Phi) is 6.07. The topological polar surface area (TPSA) is 68.3 Å². The molecule has 1 fully saturated rings. The molecule has 170 valence electrons. The van der Waals surface area contributed by atoms with Crippen molar-refractivity contribution in [1.82, 2.24) is 10.3 Å². The fourth-order valence-corrected chi connectivity index (χ4v) is 5.47. The van der Waals surface area contributed by atoms with E-state index in [-0.39, 0.29) is 23.8 Å². The molecule has 0 radical (unpaired) electrons. The molecule has 1 N–H and O–H groups in total. The first-order chi connectivity index (χ1) is 16.0. The number of rotatable bonds is 4. The summed E-state index contributed by atoms with van der Waals surface area (Å²) in [5.74, 6) is -0.764. The minimum absolute atomic E-state index is 0.0398. The van der Waals surface area contributed by atoms with Crippen molar-refractivity contribution < 1.29 is 14.3 Å². The Morgan fingerprint density at radius 1 is 1.09 bits per heavy atom. The predicted octanol–water partition coefficient (Wildman–Crippen LogP) is 5.58. The Morgan fingerprint density at radius 2 is 1.85 bits per heavy atom. The van der Waals surface area contributed by atoms with Crippen molar-refractivity contribution in [3.63, 3.8) is 0 Å². The molecule has 0 amide bonds. The van der Waals surface area contributed by atoms with E-state index >= 15 is 0 Å². The second-order valence-corrected chi connectivity index (χ2v) is 9.57. The molecule has 2 aliphatic carbocycles. The number of hydrogen-bond acceptors (Lipinski definition) is 5. The van der Waals surface area contributed by atoms with Gasteiger partial charge in [-0.3, -0.25) is 9.78 Å². The molecular weight excluding hydrogens is 436 g/mol. The monoisotopic (exact) mass is 462 g/mol. The van der Waals surface area contributed by atoms with Crippen molar-refractivity contribution in [3.05, 3.63) is 87.5 Å². The molecule has 2 atom stereocenters. The number of hydrogen-bond donors (Lipinski definition) is 1. The van der Waals surface area contributed by atoms with Gasteiger partial charge in [-0.2, -0.15) is 0 Å². The van der Waals surface area contributed by atoms with E-state index in [2.05, 4.69) is 10.3 Å². The number of dihydropyridines is 1. The number of pyridine rings is 1. The van der Waals surface area contributed by atoms with Gasteiger partial charge >= 0.3 is 5.97 Å². The summed E-state index contributed by atoms with van der Waals surface area (Å²) in [7, 11) is 0. The van der Waals surface area contributed by atoms with E-state index in [0.29, 0.717) is 34.7 Å². The molecule has 1 saturated carbocycles. The van der Waals surface area contributed by atoms with Crippen LogP contribution in [0.2, 0.25) is 5.02 Å². The molecule has 1 aliphatic heterocycles. The summed E-state index contributed by atoms with van der Waals surface area (Å²) in [6.45, 7) is 1.89. The molecule has 0 spiro atoms. The lowest BCUT2D eigenvalue weighted by Gasteiger charge is -2.36. The Hall–Kier alpha value is -2.92. The summed E-state index contributed by atoms with van der Waals surface area (Å²) in [5.41, 5.74) is 4.53. The van der Waals surface area contributed by atoms with Crippen molar-refractivity contribution in [2.24, 2.45) is 0 Å². The molecule has 33 heavy (non-hydrogen) atoms. The summed E-state index contributed by atoms with van der Waals surface area (Å²) >= 11 is 6.06. The highest BCUT2D eigenvalue weighted by molar-refractivity contribution is 6.30. The van der Waals surface area contributed by atoms with Gasteiger partial charge in [0.25, 0.3) is 0 Å². The third-order valence-electron chi connectivity index (χ3n) is 6.95. The van der Waals surface area contributed by atoms with Gasteiger partial charge in [0.2, 0.25) is 0 Å². The van der Waals surface area contributed by atoms with Gasteiger partial charge in [0.1, 0.15) is 6.10 Å². The number of aromatic nitrogens is 1. The highest BCUT2D eigenvalue weighted by atomic mass is 35.5. The molecule has 6 heteroatoms. The predicted molar refractivity (Wildman–Crippen MR) is 127 cm³/mol. The second kappa shape index (κ2) is 9.14. The van der Waals surface area contributed by atoms with Crippen LogP contribution >= 0.6 is 11.6 Å². The van der Waals surface area contributed by atoms with Gasteiger partial charge in [-0.1, -0.05) is 29.8 Å². The molecule has 2 aromatic rings. The Bertz CT molecular complexity index is 1130. The van der Waals surface area contributed by atoms with Gasteiger partial charge in [-0.05, 0) is 74.8 Å². The molecular formula is C27H27ClN2O3. The standard InChI is InChI=1S/C27H27ClN2O3/c1-16-24(27(32)33-20-6-2-3-7-20)26(21-8-4-5-13-29-21)25-22(30-16)14-18(15-23(25)31)17-9-11-19(28)12-10-17/h4-5,8-13,18,20,26,30H,2-3,6-7,14-15H2,1H3. The summed E-state index contributed by atoms with van der Waals surface area (Å²) in [5, 5.41) is 4.08. The SMILES string of the molecule is CC1=C(C(=O)OC2CCCC2)C(c2ccccn2)C2=C(CC(c3ccc(Cl)cc3)CC2=O)N1. The van der Waals surface area contributed by atoms with Gasteiger partial charge in [0.15, 0.2) is 5.78 Å². The average Bonchev–Trinajstić information content (AvgIpc) is 3.32. The van der Waals surface area contributed by atoms with Gasteiger partial charge in [0.05, 0.1) is 17.2 Å². The zero-order valence-electron chi connectivity index (χ0n) is 18.6. The fraction of sp³-hybridized carbons (Fsp3) is 0.370. The maximum atomic E-state index is 13.6. The van der Waals surface area contributed by atoms with E-state index in [1.165, 1.54) is 0 Å². The number of allylic oxidation sites excluding steroid dienone is 3. The lowest BCUT2D eigenvalue weighted by atomic mass is 9.73. The van der Waals surface area contributed by atoms with Crippen molar-refractivity contribution in [2.75, 3.05) is 0 Å². The van der Waals surface area contributed by atoms with Gasteiger partial charge in [-0.25, -0.2) is 4.79 Å². The van der Waals surface area contributed by atoms with Crippen molar-refractivity contribution in [1.29, 1.82) is 0 Å².